The van der Waals surface area contributed by atoms with E-state index >= 15 is 0 Å². The van der Waals surface area contributed by atoms with Gasteiger partial charge in [-0.25, -0.2) is 0 Å². The Morgan fingerprint density at radius 3 is 2.50 bits per heavy atom. The fourth-order valence-electron chi connectivity index (χ4n) is 5.07. The van der Waals surface area contributed by atoms with Gasteiger partial charge in [-0.3, -0.25) is 4.79 Å². The Balaban J connectivity index is 1.60. The second-order valence-electron chi connectivity index (χ2n) is 9.03. The first-order valence-electron chi connectivity index (χ1n) is 11.9. The molecule has 0 amide bonds. The van der Waals surface area contributed by atoms with Gasteiger partial charge in [-0.2, -0.15) is 0 Å². The van der Waals surface area contributed by atoms with E-state index in [1.807, 2.05) is 0 Å². The molecule has 0 spiro atoms. The molecule has 2 aliphatic rings. The zero-order valence-corrected chi connectivity index (χ0v) is 18.0. The Morgan fingerprint density at radius 1 is 1.07 bits per heavy atom. The summed E-state index contributed by atoms with van der Waals surface area (Å²) in [6.45, 7) is 2.26. The monoisotopic (exact) mass is 390 g/mol. The van der Waals surface area contributed by atoms with E-state index in [-0.39, 0.29) is 12.5 Å². The number of carbonyl (C=O) groups is 1. The average Bonchev–Trinajstić information content (AvgIpc) is 3.17. The molecular formula is C25H42O3. The van der Waals surface area contributed by atoms with E-state index < -0.39 is 5.97 Å². The third-order valence-electron chi connectivity index (χ3n) is 6.67. The summed E-state index contributed by atoms with van der Waals surface area (Å²) in [5.74, 6) is 0.718. The molecular weight excluding hydrogens is 348 g/mol. The second kappa shape index (κ2) is 13.2. The van der Waals surface area contributed by atoms with Crippen LogP contribution < -0.4 is 0 Å². The Bertz CT molecular complexity index is 508. The molecule has 0 bridgehead atoms. The van der Waals surface area contributed by atoms with Crippen LogP contribution in [0, 0.1) is 17.8 Å². The van der Waals surface area contributed by atoms with Gasteiger partial charge in [0.2, 0.25) is 0 Å². The lowest BCUT2D eigenvalue weighted by Gasteiger charge is -2.18. The average molecular weight is 391 g/mol. The number of unbranched alkanes of at least 4 members (excludes halogenated alkanes) is 9. The van der Waals surface area contributed by atoms with Gasteiger partial charge in [0.1, 0.15) is 0 Å². The lowest BCUT2D eigenvalue weighted by atomic mass is 9.88. The van der Waals surface area contributed by atoms with Crippen molar-refractivity contribution in [1.82, 2.24) is 0 Å². The van der Waals surface area contributed by atoms with Crippen LogP contribution in [0.5, 0.6) is 0 Å². The molecule has 28 heavy (non-hydrogen) atoms. The highest BCUT2D eigenvalue weighted by Crippen LogP contribution is 2.48. The van der Waals surface area contributed by atoms with Crippen LogP contribution in [0.2, 0.25) is 0 Å². The van der Waals surface area contributed by atoms with E-state index in [9.17, 15) is 9.90 Å². The molecule has 0 aromatic rings. The minimum atomic E-state index is -0.693. The number of carboxylic acid groups (broad SMARTS) is 1. The Kier molecular flexibility index (Phi) is 10.9. The Labute approximate surface area is 172 Å². The Hall–Kier alpha value is -1.09. The molecule has 0 aliphatic heterocycles. The van der Waals surface area contributed by atoms with E-state index in [1.165, 1.54) is 56.9 Å². The van der Waals surface area contributed by atoms with Crippen molar-refractivity contribution < 1.29 is 15.0 Å². The normalized spacial score (nSPS) is 26.7. The maximum atomic E-state index is 10.6. The molecule has 0 radical (unpaired) electrons. The molecule has 0 saturated heterocycles. The van der Waals surface area contributed by atoms with Crippen LogP contribution in [0.1, 0.15) is 103 Å². The van der Waals surface area contributed by atoms with Crippen LogP contribution in [0.25, 0.3) is 0 Å². The Morgan fingerprint density at radius 2 is 1.79 bits per heavy atom. The molecule has 0 heterocycles. The number of fused-ring (bicyclic) bond motifs is 1. The molecule has 0 aromatic heterocycles. The van der Waals surface area contributed by atoms with Crippen molar-refractivity contribution in [2.45, 2.75) is 109 Å². The van der Waals surface area contributed by atoms with Gasteiger partial charge in [0.05, 0.1) is 6.10 Å². The van der Waals surface area contributed by atoms with Gasteiger partial charge in [0.15, 0.2) is 0 Å². The first kappa shape index (κ1) is 23.2. The summed E-state index contributed by atoms with van der Waals surface area (Å²) in [6, 6.07) is 0. The minimum absolute atomic E-state index is 0.186. The number of allylic oxidation sites excluding steroid dienone is 3. The molecule has 160 valence electrons. The summed E-state index contributed by atoms with van der Waals surface area (Å²) < 4.78 is 0. The largest absolute Gasteiger partial charge is 0.481 e. The van der Waals surface area contributed by atoms with E-state index in [2.05, 4.69) is 25.2 Å². The number of aliphatic carboxylic acids is 1. The lowest BCUT2D eigenvalue weighted by molar-refractivity contribution is -0.137. The van der Waals surface area contributed by atoms with Gasteiger partial charge in [0, 0.05) is 12.3 Å². The van der Waals surface area contributed by atoms with Crippen LogP contribution in [0.4, 0.5) is 0 Å². The van der Waals surface area contributed by atoms with Crippen LogP contribution in [-0.4, -0.2) is 22.3 Å². The molecule has 1 saturated carbocycles. The lowest BCUT2D eigenvalue weighted by Crippen LogP contribution is -2.17. The highest BCUT2D eigenvalue weighted by atomic mass is 16.4. The highest BCUT2D eigenvalue weighted by Gasteiger charge is 2.42. The second-order valence-corrected chi connectivity index (χ2v) is 9.03. The zero-order valence-electron chi connectivity index (χ0n) is 18.0. The molecule has 0 unspecified atom stereocenters. The van der Waals surface area contributed by atoms with Crippen molar-refractivity contribution in [3.05, 3.63) is 23.8 Å². The van der Waals surface area contributed by atoms with E-state index in [1.54, 1.807) is 0 Å². The number of carboxylic acids is 1. The smallest absolute Gasteiger partial charge is 0.303 e. The standard InChI is InChI=1S/C25H42O3/c1-2-3-4-5-6-7-8-9-10-11-15-22-23-18-20(14-12-13-16-25(27)28)17-21(23)19-24(22)26/h11,15,17,21-24,26H,2-10,12-14,16,18-19H2,1H3,(H,27,28)/t21-,22+,23-,24+/m0/s1. The minimum Gasteiger partial charge on any atom is -0.481 e. The number of hydrogen-bond acceptors (Lipinski definition) is 2. The number of aliphatic hydroxyl groups excluding tert-OH is 1. The van der Waals surface area contributed by atoms with Crippen LogP contribution in [-0.2, 0) is 4.79 Å². The summed E-state index contributed by atoms with van der Waals surface area (Å²) >= 11 is 0. The predicted molar refractivity (Wildman–Crippen MR) is 116 cm³/mol. The van der Waals surface area contributed by atoms with E-state index in [0.29, 0.717) is 17.8 Å². The third-order valence-corrected chi connectivity index (χ3v) is 6.67. The predicted octanol–water partition coefficient (Wildman–Crippen LogP) is 6.66. The van der Waals surface area contributed by atoms with Gasteiger partial charge in [-0.1, -0.05) is 75.7 Å². The van der Waals surface area contributed by atoms with Crippen molar-refractivity contribution >= 4 is 5.97 Å². The van der Waals surface area contributed by atoms with Crippen LogP contribution >= 0.6 is 0 Å². The van der Waals surface area contributed by atoms with Crippen molar-refractivity contribution in [2.24, 2.45) is 17.8 Å². The molecule has 2 rings (SSSR count). The number of aliphatic hydroxyl groups is 1. The molecule has 3 nitrogen and oxygen atoms in total. The quantitative estimate of drug-likeness (QED) is 0.243. The fraction of sp³-hybridized carbons (Fsp3) is 0.800. The molecule has 2 aliphatic carbocycles. The van der Waals surface area contributed by atoms with E-state index in [0.717, 1.165) is 38.5 Å². The van der Waals surface area contributed by atoms with Crippen molar-refractivity contribution in [3.63, 3.8) is 0 Å². The maximum absolute atomic E-state index is 10.6. The maximum Gasteiger partial charge on any atom is 0.303 e. The van der Waals surface area contributed by atoms with Gasteiger partial charge < -0.3 is 10.2 Å². The molecule has 2 N–H and O–H groups in total. The first-order valence-corrected chi connectivity index (χ1v) is 11.9. The van der Waals surface area contributed by atoms with E-state index in [4.69, 9.17) is 5.11 Å². The summed E-state index contributed by atoms with van der Waals surface area (Å²) in [5, 5.41) is 19.2. The molecule has 4 atom stereocenters. The van der Waals surface area contributed by atoms with Gasteiger partial charge in [-0.15, -0.1) is 0 Å². The van der Waals surface area contributed by atoms with Crippen LogP contribution in [0.15, 0.2) is 23.8 Å². The zero-order chi connectivity index (χ0) is 20.2. The molecule has 3 heteroatoms. The molecule has 1 fully saturated rings. The fourth-order valence-corrected chi connectivity index (χ4v) is 5.07. The summed E-state index contributed by atoms with van der Waals surface area (Å²) in [5.41, 5.74) is 1.49. The van der Waals surface area contributed by atoms with Crippen molar-refractivity contribution in [2.75, 3.05) is 0 Å². The van der Waals surface area contributed by atoms with Gasteiger partial charge >= 0.3 is 5.97 Å². The summed E-state index contributed by atoms with van der Waals surface area (Å²) in [7, 11) is 0. The molecule has 0 aromatic carbocycles. The first-order chi connectivity index (χ1) is 13.6. The van der Waals surface area contributed by atoms with Crippen LogP contribution in [0.3, 0.4) is 0 Å². The number of rotatable bonds is 15. The van der Waals surface area contributed by atoms with Gasteiger partial charge in [0.25, 0.3) is 0 Å². The topological polar surface area (TPSA) is 57.5 Å². The number of hydrogen-bond donors (Lipinski definition) is 2. The van der Waals surface area contributed by atoms with Crippen molar-refractivity contribution in [1.29, 1.82) is 0 Å². The summed E-state index contributed by atoms with van der Waals surface area (Å²) in [4.78, 5) is 10.6. The third kappa shape index (κ3) is 8.11. The van der Waals surface area contributed by atoms with Crippen molar-refractivity contribution in [3.8, 4) is 0 Å². The van der Waals surface area contributed by atoms with Gasteiger partial charge in [-0.05, 0) is 56.8 Å². The highest BCUT2D eigenvalue weighted by molar-refractivity contribution is 5.66. The SMILES string of the molecule is CCCCCCCCCCC=C[C@@H]1[C@H]2CC(CCCCC(=O)O)=C[C@H]2C[C@H]1O. The summed E-state index contributed by atoms with van der Waals surface area (Å²) in [6.07, 6.45) is 23.9.